The third kappa shape index (κ3) is 4.31. The van der Waals surface area contributed by atoms with Crippen LogP contribution >= 0.6 is 11.6 Å². The van der Waals surface area contributed by atoms with Gasteiger partial charge >= 0.3 is 0 Å². The Balaban J connectivity index is 1.61. The van der Waals surface area contributed by atoms with E-state index in [4.69, 9.17) is 11.6 Å². The van der Waals surface area contributed by atoms with E-state index in [2.05, 4.69) is 0 Å². The van der Waals surface area contributed by atoms with Crippen LogP contribution in [-0.4, -0.2) is 32.8 Å². The van der Waals surface area contributed by atoms with Gasteiger partial charge in [0.05, 0.1) is 10.6 Å². The molecule has 7 heteroatoms. The molecular formula is C24H23ClN2O3S. The molecule has 0 radical (unpaired) electrons. The van der Waals surface area contributed by atoms with Crippen molar-refractivity contribution in [3.8, 4) is 0 Å². The van der Waals surface area contributed by atoms with Crippen molar-refractivity contribution in [3.05, 3.63) is 94.5 Å². The van der Waals surface area contributed by atoms with Crippen molar-refractivity contribution in [2.75, 3.05) is 17.9 Å². The van der Waals surface area contributed by atoms with Gasteiger partial charge in [0, 0.05) is 30.7 Å². The van der Waals surface area contributed by atoms with E-state index in [-0.39, 0.29) is 10.8 Å². The van der Waals surface area contributed by atoms with Gasteiger partial charge in [-0.15, -0.1) is 0 Å². The van der Waals surface area contributed by atoms with Crippen molar-refractivity contribution < 1.29 is 13.2 Å². The number of benzene rings is 3. The first-order chi connectivity index (χ1) is 14.9. The summed E-state index contributed by atoms with van der Waals surface area (Å²) in [6, 6.07) is 21.1. The summed E-state index contributed by atoms with van der Waals surface area (Å²) >= 11 is 6.21. The zero-order valence-corrected chi connectivity index (χ0v) is 18.7. The minimum absolute atomic E-state index is 0.112. The molecule has 1 heterocycles. The summed E-state index contributed by atoms with van der Waals surface area (Å²) in [6.45, 7) is 0.749. The maximum atomic E-state index is 13.4. The molecule has 0 aromatic heterocycles. The molecule has 5 nitrogen and oxygen atoms in total. The number of carbonyl (C=O) groups is 1. The minimum atomic E-state index is -3.78. The molecule has 4 rings (SSSR count). The predicted octanol–water partition coefficient (Wildman–Crippen LogP) is 4.75. The Labute approximate surface area is 187 Å². The fourth-order valence-electron chi connectivity index (χ4n) is 3.84. The number of rotatable bonds is 5. The smallest absolute Gasteiger partial charge is 0.264 e. The van der Waals surface area contributed by atoms with Crippen LogP contribution in [0.4, 0.5) is 5.69 Å². The van der Waals surface area contributed by atoms with E-state index < -0.39 is 10.0 Å². The molecule has 0 spiro atoms. The van der Waals surface area contributed by atoms with Crippen LogP contribution in [0.15, 0.2) is 77.7 Å². The van der Waals surface area contributed by atoms with Crippen molar-refractivity contribution >= 4 is 33.2 Å². The monoisotopic (exact) mass is 454 g/mol. The van der Waals surface area contributed by atoms with Gasteiger partial charge in [0.25, 0.3) is 15.9 Å². The van der Waals surface area contributed by atoms with Crippen molar-refractivity contribution in [1.29, 1.82) is 0 Å². The molecule has 1 aliphatic rings. The molecule has 31 heavy (non-hydrogen) atoms. The Hall–Kier alpha value is -2.83. The lowest BCUT2D eigenvalue weighted by Gasteiger charge is -2.30. The lowest BCUT2D eigenvalue weighted by Crippen LogP contribution is -2.35. The Morgan fingerprint density at radius 3 is 2.58 bits per heavy atom. The van der Waals surface area contributed by atoms with Gasteiger partial charge in [-0.2, -0.15) is 0 Å². The molecule has 160 valence electrons. The van der Waals surface area contributed by atoms with E-state index >= 15 is 0 Å². The first-order valence-electron chi connectivity index (χ1n) is 10.1. The molecular weight excluding hydrogens is 432 g/mol. The van der Waals surface area contributed by atoms with Gasteiger partial charge in [0.1, 0.15) is 0 Å². The van der Waals surface area contributed by atoms with Crippen molar-refractivity contribution in [2.45, 2.75) is 24.3 Å². The Bertz CT molecular complexity index is 1230. The molecule has 1 aliphatic heterocycles. The number of hydrogen-bond acceptors (Lipinski definition) is 3. The summed E-state index contributed by atoms with van der Waals surface area (Å²) in [5.41, 5.74) is 2.87. The number of sulfonamides is 1. The molecule has 3 aromatic carbocycles. The zero-order valence-electron chi connectivity index (χ0n) is 17.2. The highest BCUT2D eigenvalue weighted by atomic mass is 35.5. The number of fused-ring (bicyclic) bond motifs is 1. The summed E-state index contributed by atoms with van der Waals surface area (Å²) in [5.74, 6) is -0.268. The summed E-state index contributed by atoms with van der Waals surface area (Å²) in [5, 5.41) is 0.585. The number of nitrogens with zero attached hydrogens (tertiary/aromatic N) is 2. The number of amides is 1. The van der Waals surface area contributed by atoms with Gasteiger partial charge < -0.3 is 4.90 Å². The number of carbonyl (C=O) groups excluding carboxylic acids is 1. The van der Waals surface area contributed by atoms with Crippen LogP contribution in [-0.2, 0) is 23.0 Å². The van der Waals surface area contributed by atoms with E-state index in [0.29, 0.717) is 29.4 Å². The molecule has 0 aliphatic carbocycles. The summed E-state index contributed by atoms with van der Waals surface area (Å²) < 4.78 is 28.3. The normalized spacial score (nSPS) is 13.5. The second-order valence-corrected chi connectivity index (χ2v) is 9.86. The topological polar surface area (TPSA) is 57.7 Å². The first-order valence-corrected chi connectivity index (χ1v) is 11.9. The van der Waals surface area contributed by atoms with Crippen LogP contribution in [0.5, 0.6) is 0 Å². The molecule has 1 amide bonds. The zero-order chi connectivity index (χ0) is 22.0. The van der Waals surface area contributed by atoms with E-state index in [1.807, 2.05) is 42.5 Å². The van der Waals surface area contributed by atoms with Gasteiger partial charge in [-0.05, 0) is 54.3 Å². The minimum Gasteiger partial charge on any atom is -0.337 e. The van der Waals surface area contributed by atoms with Gasteiger partial charge in [0.15, 0.2) is 0 Å². The Morgan fingerprint density at radius 1 is 1.03 bits per heavy atom. The van der Waals surface area contributed by atoms with E-state index in [0.717, 1.165) is 24.0 Å². The van der Waals surface area contributed by atoms with Gasteiger partial charge in [0.2, 0.25) is 0 Å². The Kier molecular flexibility index (Phi) is 6.03. The van der Waals surface area contributed by atoms with Crippen LogP contribution in [0.3, 0.4) is 0 Å². The molecule has 0 saturated carbocycles. The average molecular weight is 455 g/mol. The van der Waals surface area contributed by atoms with Gasteiger partial charge in [-0.3, -0.25) is 9.10 Å². The number of hydrogen-bond donors (Lipinski definition) is 0. The summed E-state index contributed by atoms with van der Waals surface area (Å²) in [7, 11) is -2.11. The maximum Gasteiger partial charge on any atom is 0.264 e. The van der Waals surface area contributed by atoms with Crippen molar-refractivity contribution in [3.63, 3.8) is 0 Å². The van der Waals surface area contributed by atoms with Crippen LogP contribution in [0, 0.1) is 0 Å². The lowest BCUT2D eigenvalue weighted by molar-refractivity contribution is 0.0785. The summed E-state index contributed by atoms with van der Waals surface area (Å²) in [4.78, 5) is 14.6. The average Bonchev–Trinajstić information content (AvgIpc) is 2.79. The molecule has 0 N–H and O–H groups in total. The molecule has 0 saturated heterocycles. The largest absolute Gasteiger partial charge is 0.337 e. The van der Waals surface area contributed by atoms with E-state index in [9.17, 15) is 13.2 Å². The number of aryl methyl sites for hydroxylation is 1. The van der Waals surface area contributed by atoms with E-state index in [1.165, 1.54) is 21.3 Å². The number of anilines is 1. The van der Waals surface area contributed by atoms with Crippen LogP contribution in [0.1, 0.15) is 27.9 Å². The second-order valence-electron chi connectivity index (χ2n) is 7.59. The fourth-order valence-corrected chi connectivity index (χ4v) is 5.62. The van der Waals surface area contributed by atoms with Gasteiger partial charge in [-0.1, -0.05) is 54.1 Å². The third-order valence-electron chi connectivity index (χ3n) is 5.45. The Morgan fingerprint density at radius 2 is 1.77 bits per heavy atom. The predicted molar refractivity (Wildman–Crippen MR) is 123 cm³/mol. The van der Waals surface area contributed by atoms with Crippen LogP contribution in [0.2, 0.25) is 5.02 Å². The molecule has 0 atom stereocenters. The fraction of sp³-hybridized carbons (Fsp3) is 0.208. The second kappa shape index (κ2) is 8.73. The standard InChI is InChI=1S/C24H23ClN2O3S/c1-26(17-20-9-2-4-13-22(20)25)24(28)19-10-6-12-21(16-19)31(29,30)27-15-7-11-18-8-3-5-14-23(18)27/h2-6,8-10,12-14,16H,7,11,15,17H2,1H3. The highest BCUT2D eigenvalue weighted by molar-refractivity contribution is 7.92. The van der Waals surface area contributed by atoms with Gasteiger partial charge in [-0.25, -0.2) is 8.42 Å². The molecule has 0 fully saturated rings. The maximum absolute atomic E-state index is 13.4. The van der Waals surface area contributed by atoms with Crippen LogP contribution in [0.25, 0.3) is 0 Å². The lowest BCUT2D eigenvalue weighted by atomic mass is 10.0. The van der Waals surface area contributed by atoms with Crippen molar-refractivity contribution in [1.82, 2.24) is 4.90 Å². The molecule has 0 bridgehead atoms. The van der Waals surface area contributed by atoms with Crippen molar-refractivity contribution in [2.24, 2.45) is 0 Å². The number of para-hydroxylation sites is 1. The molecule has 3 aromatic rings. The number of halogens is 1. The highest BCUT2D eigenvalue weighted by Gasteiger charge is 2.29. The molecule has 0 unspecified atom stereocenters. The quantitative estimate of drug-likeness (QED) is 0.558. The van der Waals surface area contributed by atoms with E-state index in [1.54, 1.807) is 25.2 Å². The highest BCUT2D eigenvalue weighted by Crippen LogP contribution is 2.32. The summed E-state index contributed by atoms with van der Waals surface area (Å²) in [6.07, 6.45) is 1.61. The van der Waals surface area contributed by atoms with Crippen LogP contribution < -0.4 is 4.31 Å². The third-order valence-corrected chi connectivity index (χ3v) is 7.63. The SMILES string of the molecule is CN(Cc1ccccc1Cl)C(=O)c1cccc(S(=O)(=O)N2CCCc3ccccc32)c1. The first kappa shape index (κ1) is 21.4.